The second-order valence-electron chi connectivity index (χ2n) is 7.87. The van der Waals surface area contributed by atoms with Gasteiger partial charge in [0.15, 0.2) is 11.0 Å². The van der Waals surface area contributed by atoms with Gasteiger partial charge in [-0.05, 0) is 44.2 Å². The Morgan fingerprint density at radius 3 is 2.70 bits per heavy atom. The van der Waals surface area contributed by atoms with Crippen molar-refractivity contribution < 1.29 is 9.59 Å². The summed E-state index contributed by atoms with van der Waals surface area (Å²) in [7, 11) is 0. The highest BCUT2D eigenvalue weighted by atomic mass is 32.2. The molecule has 7 nitrogen and oxygen atoms in total. The van der Waals surface area contributed by atoms with E-state index >= 15 is 0 Å². The van der Waals surface area contributed by atoms with Crippen LogP contribution in [0.5, 0.6) is 0 Å². The van der Waals surface area contributed by atoms with Crippen LogP contribution in [0.3, 0.4) is 0 Å². The van der Waals surface area contributed by atoms with Crippen LogP contribution in [0, 0.1) is 12.8 Å². The zero-order chi connectivity index (χ0) is 21.5. The summed E-state index contributed by atoms with van der Waals surface area (Å²) in [6.45, 7) is 7.09. The first kappa shape index (κ1) is 22.3. The number of hydrogen-bond acceptors (Lipinski definition) is 5. The molecule has 1 aromatic carbocycles. The van der Waals surface area contributed by atoms with Crippen molar-refractivity contribution in [3.8, 4) is 0 Å². The van der Waals surface area contributed by atoms with E-state index in [1.807, 2.05) is 42.7 Å². The molecule has 3 rings (SSSR count). The first-order valence-corrected chi connectivity index (χ1v) is 11.7. The largest absolute Gasteiger partial charge is 0.352 e. The van der Waals surface area contributed by atoms with Gasteiger partial charge in [0.2, 0.25) is 5.91 Å². The van der Waals surface area contributed by atoms with Gasteiger partial charge < -0.3 is 15.2 Å². The van der Waals surface area contributed by atoms with Crippen LogP contribution in [0.2, 0.25) is 0 Å². The van der Waals surface area contributed by atoms with Crippen LogP contribution >= 0.6 is 11.8 Å². The highest BCUT2D eigenvalue weighted by Gasteiger charge is 2.23. The summed E-state index contributed by atoms with van der Waals surface area (Å²) in [5.74, 6) is 1.45. The third-order valence-electron chi connectivity index (χ3n) is 5.70. The molecule has 8 heteroatoms. The fourth-order valence-electron chi connectivity index (χ4n) is 3.87. The predicted molar refractivity (Wildman–Crippen MR) is 118 cm³/mol. The Labute approximate surface area is 182 Å². The van der Waals surface area contributed by atoms with E-state index in [0.29, 0.717) is 41.3 Å². The molecule has 0 unspecified atom stereocenters. The summed E-state index contributed by atoms with van der Waals surface area (Å²) in [5, 5.41) is 15.2. The number of carbonyl (C=O) groups is 2. The molecule has 0 bridgehead atoms. The summed E-state index contributed by atoms with van der Waals surface area (Å²) in [6, 6.07) is 7.77. The predicted octanol–water partition coefficient (Wildman–Crippen LogP) is 3.32. The van der Waals surface area contributed by atoms with Gasteiger partial charge >= 0.3 is 0 Å². The summed E-state index contributed by atoms with van der Waals surface area (Å²) in [6.07, 6.45) is 4.68. The Kier molecular flexibility index (Phi) is 7.90. The van der Waals surface area contributed by atoms with Crippen LogP contribution in [0.1, 0.15) is 61.3 Å². The molecule has 1 heterocycles. The number of nitrogens with zero attached hydrogens (tertiary/aromatic N) is 3. The molecule has 162 valence electrons. The molecule has 0 saturated heterocycles. The smallest absolute Gasteiger partial charge is 0.251 e. The van der Waals surface area contributed by atoms with Crippen LogP contribution in [0.25, 0.3) is 0 Å². The first-order valence-electron chi connectivity index (χ1n) is 10.7. The topological polar surface area (TPSA) is 88.9 Å². The molecule has 0 aliphatic heterocycles. The standard InChI is InChI=1S/C22H31N5O2S/c1-4-27-19(13-23-21(29)17-11-7-5-9-15(17)2)25-26-22(27)30-14-20(28)24-18-12-8-6-10-16(18)3/h5,7,9,11,16,18H,4,6,8,10,12-14H2,1-3H3,(H,23,29)(H,24,28)/t16-,18-/m0/s1. The molecule has 1 aliphatic carbocycles. The maximum atomic E-state index is 12.4. The van der Waals surface area contributed by atoms with Gasteiger partial charge in [-0.3, -0.25) is 9.59 Å². The number of rotatable bonds is 8. The van der Waals surface area contributed by atoms with E-state index in [1.54, 1.807) is 0 Å². The van der Waals surface area contributed by atoms with Gasteiger partial charge in [-0.1, -0.05) is 49.7 Å². The third kappa shape index (κ3) is 5.62. The lowest BCUT2D eigenvalue weighted by atomic mass is 9.86. The minimum Gasteiger partial charge on any atom is -0.352 e. The average Bonchev–Trinajstić information content (AvgIpc) is 3.14. The fourth-order valence-corrected chi connectivity index (χ4v) is 4.70. The Bertz CT molecular complexity index is 882. The van der Waals surface area contributed by atoms with Crippen molar-refractivity contribution >= 4 is 23.6 Å². The van der Waals surface area contributed by atoms with Gasteiger partial charge in [-0.15, -0.1) is 10.2 Å². The van der Waals surface area contributed by atoms with Crippen LogP contribution in [-0.2, 0) is 17.9 Å². The fraction of sp³-hybridized carbons (Fsp3) is 0.545. The molecule has 0 spiro atoms. The molecule has 1 saturated carbocycles. The Hall–Kier alpha value is -2.35. The minimum absolute atomic E-state index is 0.0406. The average molecular weight is 430 g/mol. The molecule has 1 aliphatic rings. The molecular formula is C22H31N5O2S. The van der Waals surface area contributed by atoms with Crippen LogP contribution in [0.15, 0.2) is 29.4 Å². The van der Waals surface area contributed by atoms with E-state index in [4.69, 9.17) is 0 Å². The van der Waals surface area contributed by atoms with Crippen molar-refractivity contribution in [2.75, 3.05) is 5.75 Å². The number of amides is 2. The van der Waals surface area contributed by atoms with Gasteiger partial charge in [0.05, 0.1) is 12.3 Å². The molecule has 2 aromatic rings. The Morgan fingerprint density at radius 1 is 1.20 bits per heavy atom. The lowest BCUT2D eigenvalue weighted by molar-refractivity contribution is -0.119. The number of benzene rings is 1. The highest BCUT2D eigenvalue weighted by molar-refractivity contribution is 7.99. The summed E-state index contributed by atoms with van der Waals surface area (Å²) >= 11 is 1.39. The number of thioether (sulfide) groups is 1. The second kappa shape index (κ2) is 10.6. The summed E-state index contributed by atoms with van der Waals surface area (Å²) < 4.78 is 1.94. The monoisotopic (exact) mass is 429 g/mol. The first-order chi connectivity index (χ1) is 14.5. The zero-order valence-corrected chi connectivity index (χ0v) is 18.8. The quantitative estimate of drug-likeness (QED) is 0.629. The van der Waals surface area contributed by atoms with E-state index in [-0.39, 0.29) is 17.9 Å². The molecule has 1 fully saturated rings. The number of nitrogens with one attached hydrogen (secondary N) is 2. The van der Waals surface area contributed by atoms with E-state index in [2.05, 4.69) is 27.8 Å². The minimum atomic E-state index is -0.131. The molecule has 2 N–H and O–H groups in total. The lowest BCUT2D eigenvalue weighted by Crippen LogP contribution is -2.41. The van der Waals surface area contributed by atoms with E-state index < -0.39 is 0 Å². The van der Waals surface area contributed by atoms with Crippen molar-refractivity contribution in [2.45, 2.75) is 70.7 Å². The molecule has 30 heavy (non-hydrogen) atoms. The van der Waals surface area contributed by atoms with Gasteiger partial charge in [-0.25, -0.2) is 0 Å². The zero-order valence-electron chi connectivity index (χ0n) is 18.0. The van der Waals surface area contributed by atoms with E-state index in [9.17, 15) is 9.59 Å². The molecule has 2 amide bonds. The normalized spacial score (nSPS) is 18.8. The number of carbonyl (C=O) groups excluding carboxylic acids is 2. The van der Waals surface area contributed by atoms with Gasteiger partial charge in [-0.2, -0.15) is 0 Å². The van der Waals surface area contributed by atoms with Crippen molar-refractivity contribution in [1.82, 2.24) is 25.4 Å². The Balaban J connectivity index is 1.54. The van der Waals surface area contributed by atoms with Gasteiger partial charge in [0, 0.05) is 18.2 Å². The SMILES string of the molecule is CCn1c(CNC(=O)c2ccccc2C)nnc1SCC(=O)N[C@H]1CCCC[C@@H]1C. The van der Waals surface area contributed by atoms with Crippen LogP contribution in [-0.4, -0.2) is 38.4 Å². The van der Waals surface area contributed by atoms with Crippen molar-refractivity contribution in [3.63, 3.8) is 0 Å². The van der Waals surface area contributed by atoms with Crippen LogP contribution < -0.4 is 10.6 Å². The van der Waals surface area contributed by atoms with Crippen molar-refractivity contribution in [2.24, 2.45) is 5.92 Å². The third-order valence-corrected chi connectivity index (χ3v) is 6.66. The molecular weight excluding hydrogens is 398 g/mol. The number of aryl methyl sites for hydroxylation is 1. The van der Waals surface area contributed by atoms with E-state index in [1.165, 1.54) is 31.0 Å². The summed E-state index contributed by atoms with van der Waals surface area (Å²) in [4.78, 5) is 24.8. The van der Waals surface area contributed by atoms with Crippen molar-refractivity contribution in [1.29, 1.82) is 0 Å². The van der Waals surface area contributed by atoms with Crippen LogP contribution in [0.4, 0.5) is 0 Å². The number of hydrogen-bond donors (Lipinski definition) is 2. The van der Waals surface area contributed by atoms with Gasteiger partial charge in [0.25, 0.3) is 5.91 Å². The molecule has 0 radical (unpaired) electrons. The van der Waals surface area contributed by atoms with Crippen molar-refractivity contribution in [3.05, 3.63) is 41.2 Å². The number of aromatic nitrogens is 3. The second-order valence-corrected chi connectivity index (χ2v) is 8.81. The highest BCUT2D eigenvalue weighted by Crippen LogP contribution is 2.24. The molecule has 2 atom stereocenters. The van der Waals surface area contributed by atoms with E-state index in [0.717, 1.165) is 12.0 Å². The maximum absolute atomic E-state index is 12.4. The lowest BCUT2D eigenvalue weighted by Gasteiger charge is -2.29. The Morgan fingerprint density at radius 2 is 1.97 bits per heavy atom. The summed E-state index contributed by atoms with van der Waals surface area (Å²) in [5.41, 5.74) is 1.59. The van der Waals surface area contributed by atoms with Gasteiger partial charge in [0.1, 0.15) is 0 Å². The maximum Gasteiger partial charge on any atom is 0.251 e. The molecule has 1 aromatic heterocycles.